The lowest BCUT2D eigenvalue weighted by molar-refractivity contribution is -0.140. The van der Waals surface area contributed by atoms with Crippen LogP contribution < -0.4 is 4.74 Å². The molecule has 0 saturated carbocycles. The number of aliphatic hydroxyl groups excluding tert-OH is 1. The van der Waals surface area contributed by atoms with Crippen molar-refractivity contribution in [2.24, 2.45) is 0 Å². The quantitative estimate of drug-likeness (QED) is 0.398. The first-order chi connectivity index (χ1) is 14.8. The summed E-state index contributed by atoms with van der Waals surface area (Å²) in [6, 6.07) is 14.0. The third-order valence-corrected chi connectivity index (χ3v) is 5.32. The zero-order valence-electron chi connectivity index (χ0n) is 18.6. The molecule has 31 heavy (non-hydrogen) atoms. The van der Waals surface area contributed by atoms with Crippen molar-refractivity contribution < 1.29 is 19.4 Å². The summed E-state index contributed by atoms with van der Waals surface area (Å²) in [5.74, 6) is -0.719. The molecule has 164 valence electrons. The minimum Gasteiger partial charge on any atom is -0.507 e. The maximum Gasteiger partial charge on any atom is 0.295 e. The van der Waals surface area contributed by atoms with Crippen molar-refractivity contribution >= 4 is 17.4 Å². The predicted molar refractivity (Wildman–Crippen MR) is 121 cm³/mol. The van der Waals surface area contributed by atoms with E-state index < -0.39 is 17.7 Å². The standard InChI is InChI=1S/C25H30N2O4/c1-5-16-31-20-12-10-19(11-13-20)23(28)21-22(18-8-6-17(2)7-9-18)27(15-14-26(3)4)25(30)24(21)29/h6-13,22,28H,5,14-16H2,1-4H3/t22-/m1/s1. The molecule has 2 aromatic rings. The first-order valence-electron chi connectivity index (χ1n) is 10.6. The van der Waals surface area contributed by atoms with Crippen molar-refractivity contribution in [3.63, 3.8) is 0 Å². The smallest absolute Gasteiger partial charge is 0.295 e. The lowest BCUT2D eigenvalue weighted by atomic mass is 9.94. The lowest BCUT2D eigenvalue weighted by Crippen LogP contribution is -2.35. The van der Waals surface area contributed by atoms with Crippen molar-refractivity contribution in [3.8, 4) is 5.75 Å². The zero-order valence-corrected chi connectivity index (χ0v) is 18.6. The molecule has 1 aliphatic heterocycles. The minimum atomic E-state index is -0.659. The normalized spacial score (nSPS) is 18.1. The van der Waals surface area contributed by atoms with Gasteiger partial charge in [-0.2, -0.15) is 0 Å². The van der Waals surface area contributed by atoms with Gasteiger partial charge in [0.15, 0.2) is 0 Å². The third-order valence-electron chi connectivity index (χ3n) is 5.32. The van der Waals surface area contributed by atoms with Crippen LogP contribution in [-0.4, -0.2) is 60.4 Å². The van der Waals surface area contributed by atoms with E-state index in [4.69, 9.17) is 4.74 Å². The van der Waals surface area contributed by atoms with E-state index in [-0.39, 0.29) is 11.3 Å². The van der Waals surface area contributed by atoms with E-state index in [0.29, 0.717) is 31.0 Å². The van der Waals surface area contributed by atoms with Crippen LogP contribution in [0.25, 0.3) is 5.76 Å². The summed E-state index contributed by atoms with van der Waals surface area (Å²) in [5, 5.41) is 11.1. The maximum atomic E-state index is 13.0. The SMILES string of the molecule is CCCOc1ccc(C(O)=C2C(=O)C(=O)N(CCN(C)C)[C@@H]2c2ccc(C)cc2)cc1. The Balaban J connectivity index is 2.04. The summed E-state index contributed by atoms with van der Waals surface area (Å²) < 4.78 is 5.59. The van der Waals surface area contributed by atoms with Crippen LogP contribution in [0.1, 0.15) is 36.1 Å². The van der Waals surface area contributed by atoms with Crippen molar-refractivity contribution in [3.05, 3.63) is 70.8 Å². The number of benzene rings is 2. The number of ether oxygens (including phenoxy) is 1. The van der Waals surface area contributed by atoms with Crippen LogP contribution in [0.2, 0.25) is 0 Å². The molecule has 0 aromatic heterocycles. The van der Waals surface area contributed by atoms with E-state index in [1.165, 1.54) is 0 Å². The number of Topliss-reactive ketones (excluding diaryl/α,β-unsaturated/α-hetero) is 1. The van der Waals surface area contributed by atoms with E-state index in [1.54, 1.807) is 29.2 Å². The Labute approximate surface area is 183 Å². The van der Waals surface area contributed by atoms with E-state index in [9.17, 15) is 14.7 Å². The molecule has 0 radical (unpaired) electrons. The summed E-state index contributed by atoms with van der Waals surface area (Å²) in [5.41, 5.74) is 2.48. The number of likely N-dealkylation sites (N-methyl/N-ethyl adjacent to an activating group) is 1. The molecule has 2 aromatic carbocycles. The van der Waals surface area contributed by atoms with E-state index in [2.05, 4.69) is 0 Å². The van der Waals surface area contributed by atoms with Crippen LogP contribution in [0.5, 0.6) is 5.75 Å². The van der Waals surface area contributed by atoms with Gasteiger partial charge in [-0.1, -0.05) is 36.8 Å². The minimum absolute atomic E-state index is 0.120. The molecule has 1 saturated heterocycles. The molecule has 1 amide bonds. The highest BCUT2D eigenvalue weighted by atomic mass is 16.5. The molecule has 6 heteroatoms. The van der Waals surface area contributed by atoms with E-state index in [1.807, 2.05) is 57.1 Å². The third kappa shape index (κ3) is 4.97. The summed E-state index contributed by atoms with van der Waals surface area (Å²) in [6.45, 7) is 5.61. The van der Waals surface area contributed by atoms with Gasteiger partial charge < -0.3 is 19.6 Å². The van der Waals surface area contributed by atoms with Gasteiger partial charge >= 0.3 is 0 Å². The van der Waals surface area contributed by atoms with Crippen molar-refractivity contribution in [1.82, 2.24) is 9.80 Å². The molecular formula is C25H30N2O4. The maximum absolute atomic E-state index is 13.0. The molecule has 1 aliphatic rings. The van der Waals surface area contributed by atoms with Gasteiger partial charge in [0.05, 0.1) is 18.2 Å². The van der Waals surface area contributed by atoms with Gasteiger partial charge in [0.2, 0.25) is 0 Å². The van der Waals surface area contributed by atoms with Crippen LogP contribution in [0.3, 0.4) is 0 Å². The molecule has 3 rings (SSSR count). The molecular weight excluding hydrogens is 392 g/mol. The fourth-order valence-electron chi connectivity index (χ4n) is 3.60. The van der Waals surface area contributed by atoms with Crippen molar-refractivity contribution in [2.45, 2.75) is 26.3 Å². The lowest BCUT2D eigenvalue weighted by Gasteiger charge is -2.26. The molecule has 0 unspecified atom stereocenters. The van der Waals surface area contributed by atoms with Crippen LogP contribution in [0, 0.1) is 6.92 Å². The Morgan fingerprint density at radius 2 is 1.71 bits per heavy atom. The van der Waals surface area contributed by atoms with Crippen LogP contribution in [0.4, 0.5) is 0 Å². The number of hydrogen-bond donors (Lipinski definition) is 1. The second-order valence-corrected chi connectivity index (χ2v) is 8.08. The number of carbonyl (C=O) groups excluding carboxylic acids is 2. The molecule has 1 heterocycles. The average Bonchev–Trinajstić information content (AvgIpc) is 3.01. The van der Waals surface area contributed by atoms with Gasteiger partial charge in [-0.3, -0.25) is 9.59 Å². The largest absolute Gasteiger partial charge is 0.507 e. The highest BCUT2D eigenvalue weighted by Crippen LogP contribution is 2.39. The molecule has 0 spiro atoms. The van der Waals surface area contributed by atoms with Crippen LogP contribution in [0.15, 0.2) is 54.1 Å². The van der Waals surface area contributed by atoms with E-state index in [0.717, 1.165) is 17.5 Å². The summed E-state index contributed by atoms with van der Waals surface area (Å²) >= 11 is 0. The number of carbonyl (C=O) groups is 2. The monoisotopic (exact) mass is 422 g/mol. The Kier molecular flexibility index (Phi) is 7.13. The summed E-state index contributed by atoms with van der Waals surface area (Å²) in [4.78, 5) is 29.4. The molecule has 1 fully saturated rings. The second-order valence-electron chi connectivity index (χ2n) is 8.08. The number of likely N-dealkylation sites (tertiary alicyclic amines) is 1. The summed E-state index contributed by atoms with van der Waals surface area (Å²) in [7, 11) is 3.83. The number of hydrogen-bond acceptors (Lipinski definition) is 5. The van der Waals surface area contributed by atoms with E-state index >= 15 is 0 Å². The van der Waals surface area contributed by atoms with Crippen LogP contribution >= 0.6 is 0 Å². The number of aliphatic hydroxyl groups is 1. The number of rotatable bonds is 8. The van der Waals surface area contributed by atoms with Crippen LogP contribution in [-0.2, 0) is 9.59 Å². The van der Waals surface area contributed by atoms with Gasteiger partial charge in [-0.15, -0.1) is 0 Å². The zero-order chi connectivity index (χ0) is 22.5. The molecule has 1 atom stereocenters. The highest BCUT2D eigenvalue weighted by molar-refractivity contribution is 6.46. The topological polar surface area (TPSA) is 70.1 Å². The number of ketones is 1. The van der Waals surface area contributed by atoms with Gasteiger partial charge in [-0.05, 0) is 57.3 Å². The van der Waals surface area contributed by atoms with Gasteiger partial charge in [0, 0.05) is 18.7 Å². The van der Waals surface area contributed by atoms with Crippen molar-refractivity contribution in [1.29, 1.82) is 0 Å². The number of aryl methyl sites for hydroxylation is 1. The van der Waals surface area contributed by atoms with Gasteiger partial charge in [0.25, 0.3) is 11.7 Å². The average molecular weight is 423 g/mol. The molecule has 1 N–H and O–H groups in total. The second kappa shape index (κ2) is 9.79. The Morgan fingerprint density at radius 3 is 2.29 bits per heavy atom. The fraction of sp³-hybridized carbons (Fsp3) is 0.360. The number of nitrogens with zero attached hydrogens (tertiary/aromatic N) is 2. The molecule has 6 nitrogen and oxygen atoms in total. The Hall–Kier alpha value is -3.12. The fourth-order valence-corrected chi connectivity index (χ4v) is 3.60. The molecule has 0 bridgehead atoms. The highest BCUT2D eigenvalue weighted by Gasteiger charge is 2.45. The Morgan fingerprint density at radius 1 is 1.06 bits per heavy atom. The first-order valence-corrected chi connectivity index (χ1v) is 10.6. The van der Waals surface area contributed by atoms with Crippen molar-refractivity contribution in [2.75, 3.05) is 33.8 Å². The van der Waals surface area contributed by atoms with Gasteiger partial charge in [-0.25, -0.2) is 0 Å². The molecule has 0 aliphatic carbocycles. The first kappa shape index (κ1) is 22.6. The Bertz CT molecular complexity index is 962. The summed E-state index contributed by atoms with van der Waals surface area (Å²) in [6.07, 6.45) is 0.897. The van der Waals surface area contributed by atoms with Gasteiger partial charge in [0.1, 0.15) is 11.5 Å². The number of amides is 1. The predicted octanol–water partition coefficient (Wildman–Crippen LogP) is 3.77.